The van der Waals surface area contributed by atoms with Crippen molar-refractivity contribution >= 4 is 11.6 Å². The van der Waals surface area contributed by atoms with Crippen LogP contribution >= 0.6 is 0 Å². The Labute approximate surface area is 235 Å². The highest BCUT2D eigenvalue weighted by Crippen LogP contribution is 2.27. The molecular formula is C31H52N4O4. The summed E-state index contributed by atoms with van der Waals surface area (Å²) >= 11 is 0. The molecule has 8 nitrogen and oxygen atoms in total. The van der Waals surface area contributed by atoms with Gasteiger partial charge in [0.25, 0.3) is 0 Å². The van der Waals surface area contributed by atoms with Crippen LogP contribution in [0, 0.1) is 30.6 Å². The van der Waals surface area contributed by atoms with E-state index in [9.17, 15) is 9.90 Å². The van der Waals surface area contributed by atoms with Crippen molar-refractivity contribution in [2.75, 3.05) is 26.9 Å². The molecule has 5 atom stereocenters. The quantitative estimate of drug-likeness (QED) is 0.275. The Hall–Kier alpha value is -2.00. The second-order valence-electron chi connectivity index (χ2n) is 12.2. The fraction of sp³-hybridized carbons (Fsp3) is 0.742. The molecule has 1 amide bonds. The minimum absolute atomic E-state index is 0.0160. The summed E-state index contributed by atoms with van der Waals surface area (Å²) in [6.07, 6.45) is 9.40. The molecule has 3 rings (SSSR count). The Kier molecular flexibility index (Phi) is 12.2. The van der Waals surface area contributed by atoms with Crippen LogP contribution in [0.25, 0.3) is 5.65 Å². The molecule has 0 spiro atoms. The number of carbonyl (C=O) groups is 1. The number of amides is 1. The van der Waals surface area contributed by atoms with Crippen molar-refractivity contribution in [1.82, 2.24) is 14.7 Å². The molecule has 0 bridgehead atoms. The predicted molar refractivity (Wildman–Crippen MR) is 156 cm³/mol. The summed E-state index contributed by atoms with van der Waals surface area (Å²) in [6.45, 7) is 12.7. The Morgan fingerprint density at radius 1 is 1.28 bits per heavy atom. The van der Waals surface area contributed by atoms with Crippen LogP contribution in [0.4, 0.5) is 0 Å². The SMILES string of the molecule is COCCCc1cnc2cc(C)c(C[C@@H](C[C@H](N)[C@@H](O)C[C@H](C(=O)NC[C@@H]3CCCO3)C(C)C)C(C)C)cn12. The van der Waals surface area contributed by atoms with Gasteiger partial charge in [0.15, 0.2) is 0 Å². The molecule has 2 aromatic rings. The smallest absolute Gasteiger partial charge is 0.223 e. The van der Waals surface area contributed by atoms with E-state index >= 15 is 0 Å². The molecule has 1 aliphatic rings. The van der Waals surface area contributed by atoms with Crippen molar-refractivity contribution < 1.29 is 19.4 Å². The van der Waals surface area contributed by atoms with Crippen LogP contribution in [0.15, 0.2) is 18.5 Å². The van der Waals surface area contributed by atoms with E-state index in [0.717, 1.165) is 51.0 Å². The zero-order chi connectivity index (χ0) is 28.5. The van der Waals surface area contributed by atoms with Gasteiger partial charge in [-0.3, -0.25) is 4.79 Å². The van der Waals surface area contributed by atoms with Gasteiger partial charge in [0.05, 0.1) is 12.2 Å². The van der Waals surface area contributed by atoms with Gasteiger partial charge < -0.3 is 30.0 Å². The molecule has 1 aliphatic heterocycles. The predicted octanol–water partition coefficient (Wildman–Crippen LogP) is 4.07. The Bertz CT molecular complexity index is 1030. The highest BCUT2D eigenvalue weighted by Gasteiger charge is 2.30. The lowest BCUT2D eigenvalue weighted by molar-refractivity contribution is -0.128. The highest BCUT2D eigenvalue weighted by molar-refractivity contribution is 5.79. The number of nitrogens with two attached hydrogens (primary N) is 1. The number of rotatable bonds is 16. The first-order valence-electron chi connectivity index (χ1n) is 14.9. The van der Waals surface area contributed by atoms with E-state index in [1.807, 2.05) is 20.0 Å². The molecule has 3 heterocycles. The van der Waals surface area contributed by atoms with E-state index in [-0.39, 0.29) is 23.8 Å². The van der Waals surface area contributed by atoms with E-state index in [1.165, 1.54) is 16.8 Å². The number of pyridine rings is 1. The third-order valence-electron chi connectivity index (χ3n) is 8.48. The summed E-state index contributed by atoms with van der Waals surface area (Å²) in [6, 6.07) is 1.76. The topological polar surface area (TPSA) is 111 Å². The third kappa shape index (κ3) is 9.00. The summed E-state index contributed by atoms with van der Waals surface area (Å²) in [5.74, 6) is 0.514. The van der Waals surface area contributed by atoms with Crippen LogP contribution in [0.2, 0.25) is 0 Å². The summed E-state index contributed by atoms with van der Waals surface area (Å²) in [7, 11) is 1.73. The molecule has 0 aromatic carbocycles. The van der Waals surface area contributed by atoms with Gasteiger partial charge in [-0.1, -0.05) is 27.7 Å². The molecule has 1 saturated heterocycles. The Morgan fingerprint density at radius 3 is 2.69 bits per heavy atom. The van der Waals surface area contributed by atoms with Crippen molar-refractivity contribution in [3.8, 4) is 0 Å². The number of carbonyl (C=O) groups excluding carboxylic acids is 1. The molecule has 0 saturated carbocycles. The standard InChI is InChI=1S/C31H52N4O4/c1-20(2)23(14-24-19-35-25(9-7-11-38-6)17-33-30(35)13-22(24)5)15-28(32)29(36)16-27(21(3)4)31(37)34-18-26-10-8-12-39-26/h13,17,19-21,23,26-29,36H,7-12,14-16,18,32H2,1-6H3,(H,34,37)/t23-,26-,27-,28-,29-/m0/s1. The molecule has 39 heavy (non-hydrogen) atoms. The minimum Gasteiger partial charge on any atom is -0.391 e. The van der Waals surface area contributed by atoms with Crippen molar-refractivity contribution in [2.24, 2.45) is 29.4 Å². The third-order valence-corrected chi connectivity index (χ3v) is 8.48. The van der Waals surface area contributed by atoms with Gasteiger partial charge in [-0.05, 0) is 86.8 Å². The first-order valence-corrected chi connectivity index (χ1v) is 14.9. The van der Waals surface area contributed by atoms with Gasteiger partial charge in [-0.15, -0.1) is 0 Å². The molecule has 0 aliphatic carbocycles. The lowest BCUT2D eigenvalue weighted by Gasteiger charge is -2.30. The van der Waals surface area contributed by atoms with Crippen LogP contribution in [0.1, 0.15) is 76.6 Å². The summed E-state index contributed by atoms with van der Waals surface area (Å²) in [5.41, 5.74) is 11.3. The molecule has 0 radical (unpaired) electrons. The maximum Gasteiger partial charge on any atom is 0.223 e. The number of nitrogens with zero attached hydrogens (tertiary/aromatic N) is 2. The first kappa shape index (κ1) is 31.5. The van der Waals surface area contributed by atoms with Gasteiger partial charge in [-0.2, -0.15) is 0 Å². The van der Waals surface area contributed by atoms with Crippen molar-refractivity contribution in [3.63, 3.8) is 0 Å². The number of hydrogen-bond donors (Lipinski definition) is 3. The molecule has 2 aromatic heterocycles. The number of imidazole rings is 1. The fourth-order valence-electron chi connectivity index (χ4n) is 5.66. The van der Waals surface area contributed by atoms with Crippen molar-refractivity contribution in [3.05, 3.63) is 35.3 Å². The largest absolute Gasteiger partial charge is 0.391 e. The van der Waals surface area contributed by atoms with Crippen LogP contribution in [-0.2, 0) is 27.1 Å². The van der Waals surface area contributed by atoms with Crippen LogP contribution in [0.3, 0.4) is 0 Å². The number of aliphatic hydroxyl groups is 1. The molecule has 4 N–H and O–H groups in total. The monoisotopic (exact) mass is 544 g/mol. The maximum absolute atomic E-state index is 13.0. The minimum atomic E-state index is -0.739. The molecule has 1 fully saturated rings. The number of nitrogens with one attached hydrogen (secondary N) is 1. The Morgan fingerprint density at radius 2 is 2.05 bits per heavy atom. The fourth-order valence-corrected chi connectivity index (χ4v) is 5.66. The Balaban J connectivity index is 1.63. The number of hydrogen-bond acceptors (Lipinski definition) is 6. The van der Waals surface area contributed by atoms with Gasteiger partial charge in [0.1, 0.15) is 5.65 Å². The average molecular weight is 545 g/mol. The van der Waals surface area contributed by atoms with Crippen LogP contribution < -0.4 is 11.1 Å². The second-order valence-corrected chi connectivity index (χ2v) is 12.2. The van der Waals surface area contributed by atoms with E-state index in [2.05, 4.69) is 47.7 Å². The lowest BCUT2D eigenvalue weighted by atomic mass is 9.80. The molecule has 0 unspecified atom stereocenters. The zero-order valence-electron chi connectivity index (χ0n) is 25.0. The molecular weight excluding hydrogens is 492 g/mol. The van der Waals surface area contributed by atoms with Crippen LogP contribution in [-0.4, -0.2) is 65.5 Å². The van der Waals surface area contributed by atoms with Gasteiger partial charge in [0, 0.05) is 56.9 Å². The number of ether oxygens (including phenoxy) is 2. The van der Waals surface area contributed by atoms with E-state index in [0.29, 0.717) is 31.2 Å². The number of methoxy groups -OCH3 is 1. The highest BCUT2D eigenvalue weighted by atomic mass is 16.5. The second kappa shape index (κ2) is 15.1. The average Bonchev–Trinajstić information content (AvgIpc) is 3.55. The normalized spacial score (nSPS) is 19.1. The van der Waals surface area contributed by atoms with Gasteiger partial charge in [-0.25, -0.2) is 4.98 Å². The lowest BCUT2D eigenvalue weighted by Crippen LogP contribution is -2.44. The summed E-state index contributed by atoms with van der Waals surface area (Å²) < 4.78 is 13.1. The number of aliphatic hydroxyl groups excluding tert-OH is 1. The first-order chi connectivity index (χ1) is 18.6. The number of aromatic nitrogens is 2. The van der Waals surface area contributed by atoms with E-state index in [4.69, 9.17) is 15.2 Å². The summed E-state index contributed by atoms with van der Waals surface area (Å²) in [5, 5.41) is 14.2. The van der Waals surface area contributed by atoms with Crippen LogP contribution in [0.5, 0.6) is 0 Å². The van der Waals surface area contributed by atoms with Gasteiger partial charge >= 0.3 is 0 Å². The number of fused-ring (bicyclic) bond motifs is 1. The summed E-state index contributed by atoms with van der Waals surface area (Å²) in [4.78, 5) is 17.6. The zero-order valence-corrected chi connectivity index (χ0v) is 25.0. The van der Waals surface area contributed by atoms with Gasteiger partial charge in [0.2, 0.25) is 5.91 Å². The van der Waals surface area contributed by atoms with Crippen molar-refractivity contribution in [2.45, 2.75) is 97.8 Å². The number of aryl methyl sites for hydroxylation is 2. The molecule has 8 heteroatoms. The van der Waals surface area contributed by atoms with E-state index in [1.54, 1.807) is 7.11 Å². The molecule has 220 valence electrons. The van der Waals surface area contributed by atoms with E-state index < -0.39 is 12.1 Å². The van der Waals surface area contributed by atoms with Crippen molar-refractivity contribution in [1.29, 1.82) is 0 Å². The maximum atomic E-state index is 13.0.